The van der Waals surface area contributed by atoms with E-state index in [-0.39, 0.29) is 0 Å². The topological polar surface area (TPSA) is 72.0 Å². The summed E-state index contributed by atoms with van der Waals surface area (Å²) in [5.41, 5.74) is 5.77. The summed E-state index contributed by atoms with van der Waals surface area (Å²) < 4.78 is 1.94. The van der Waals surface area contributed by atoms with Gasteiger partial charge in [-0.1, -0.05) is 0 Å². The van der Waals surface area contributed by atoms with E-state index in [1.165, 1.54) is 0 Å². The van der Waals surface area contributed by atoms with Gasteiger partial charge in [0.1, 0.15) is 12.2 Å². The molecule has 2 rings (SSSR count). The van der Waals surface area contributed by atoms with Crippen LogP contribution in [0.4, 0.5) is 0 Å². The Kier molecular flexibility index (Phi) is 3.87. The number of nitrogens with one attached hydrogen (secondary N) is 1. The quantitative estimate of drug-likeness (QED) is 0.688. The monoisotopic (exact) mass is 224 g/mol. The maximum absolute atomic E-state index is 5.77. The normalized spacial score (nSPS) is 22.5. The molecule has 1 atom stereocenters. The second kappa shape index (κ2) is 5.38. The number of hydrogen-bond acceptors (Lipinski definition) is 5. The SMILES string of the molecule is CCn1ncnc1CN1CCNCC1CN. The van der Waals surface area contributed by atoms with Gasteiger partial charge in [-0.25, -0.2) is 9.67 Å². The molecular weight excluding hydrogens is 204 g/mol. The first-order chi connectivity index (χ1) is 7.85. The third-order valence-corrected chi connectivity index (χ3v) is 3.08. The lowest BCUT2D eigenvalue weighted by Gasteiger charge is -2.35. The van der Waals surface area contributed by atoms with E-state index in [0.29, 0.717) is 12.6 Å². The molecule has 1 fully saturated rings. The van der Waals surface area contributed by atoms with Crippen molar-refractivity contribution in [2.24, 2.45) is 5.73 Å². The Morgan fingerprint density at radius 3 is 3.25 bits per heavy atom. The van der Waals surface area contributed by atoms with Gasteiger partial charge >= 0.3 is 0 Å². The third-order valence-electron chi connectivity index (χ3n) is 3.08. The molecule has 1 saturated heterocycles. The zero-order valence-corrected chi connectivity index (χ0v) is 9.76. The molecule has 1 aromatic heterocycles. The first-order valence-corrected chi connectivity index (χ1v) is 5.86. The molecule has 0 bridgehead atoms. The smallest absolute Gasteiger partial charge is 0.141 e. The number of piperazine rings is 1. The average Bonchev–Trinajstić information content (AvgIpc) is 2.77. The molecule has 0 radical (unpaired) electrons. The summed E-state index contributed by atoms with van der Waals surface area (Å²) in [6.45, 7) is 7.50. The minimum Gasteiger partial charge on any atom is -0.329 e. The fourth-order valence-electron chi connectivity index (χ4n) is 2.10. The van der Waals surface area contributed by atoms with Crippen molar-refractivity contribution in [2.45, 2.75) is 26.1 Å². The van der Waals surface area contributed by atoms with Crippen molar-refractivity contribution in [1.29, 1.82) is 0 Å². The van der Waals surface area contributed by atoms with E-state index in [1.807, 2.05) is 4.68 Å². The predicted molar refractivity (Wildman–Crippen MR) is 61.8 cm³/mol. The lowest BCUT2D eigenvalue weighted by atomic mass is 10.2. The zero-order chi connectivity index (χ0) is 11.4. The van der Waals surface area contributed by atoms with Gasteiger partial charge in [-0.3, -0.25) is 4.90 Å². The van der Waals surface area contributed by atoms with Crippen LogP contribution in [-0.4, -0.2) is 51.9 Å². The highest BCUT2D eigenvalue weighted by Crippen LogP contribution is 2.07. The first kappa shape index (κ1) is 11.5. The number of nitrogens with zero attached hydrogens (tertiary/aromatic N) is 4. The number of nitrogens with two attached hydrogens (primary N) is 1. The second-order valence-electron chi connectivity index (χ2n) is 4.06. The van der Waals surface area contributed by atoms with Crippen LogP contribution in [0.15, 0.2) is 6.33 Å². The van der Waals surface area contributed by atoms with Gasteiger partial charge in [-0.2, -0.15) is 5.10 Å². The Morgan fingerprint density at radius 1 is 1.62 bits per heavy atom. The molecule has 0 spiro atoms. The summed E-state index contributed by atoms with van der Waals surface area (Å²) in [5.74, 6) is 1.03. The molecule has 16 heavy (non-hydrogen) atoms. The highest BCUT2D eigenvalue weighted by atomic mass is 15.4. The van der Waals surface area contributed by atoms with Crippen LogP contribution in [-0.2, 0) is 13.1 Å². The van der Waals surface area contributed by atoms with E-state index in [1.54, 1.807) is 6.33 Å². The van der Waals surface area contributed by atoms with Gasteiger partial charge in [-0.15, -0.1) is 0 Å². The zero-order valence-electron chi connectivity index (χ0n) is 9.76. The summed E-state index contributed by atoms with van der Waals surface area (Å²) in [6.07, 6.45) is 1.62. The largest absolute Gasteiger partial charge is 0.329 e. The summed E-state index contributed by atoms with van der Waals surface area (Å²) >= 11 is 0. The van der Waals surface area contributed by atoms with Gasteiger partial charge in [0.25, 0.3) is 0 Å². The van der Waals surface area contributed by atoms with E-state index in [0.717, 1.165) is 38.5 Å². The molecule has 1 aliphatic heterocycles. The second-order valence-corrected chi connectivity index (χ2v) is 4.06. The van der Waals surface area contributed by atoms with Crippen molar-refractivity contribution in [3.63, 3.8) is 0 Å². The molecule has 2 heterocycles. The molecule has 0 aromatic carbocycles. The number of aromatic nitrogens is 3. The fraction of sp³-hybridized carbons (Fsp3) is 0.800. The van der Waals surface area contributed by atoms with E-state index in [2.05, 4.69) is 27.2 Å². The van der Waals surface area contributed by atoms with Crippen molar-refractivity contribution in [3.8, 4) is 0 Å². The van der Waals surface area contributed by atoms with E-state index < -0.39 is 0 Å². The van der Waals surface area contributed by atoms with Crippen molar-refractivity contribution in [2.75, 3.05) is 26.2 Å². The van der Waals surface area contributed by atoms with Gasteiger partial charge in [0.05, 0.1) is 6.54 Å². The van der Waals surface area contributed by atoms with Crippen LogP contribution in [0.2, 0.25) is 0 Å². The summed E-state index contributed by atoms with van der Waals surface area (Å²) in [5, 5.41) is 7.54. The van der Waals surface area contributed by atoms with Gasteiger partial charge in [0.15, 0.2) is 0 Å². The molecule has 0 aliphatic carbocycles. The highest BCUT2D eigenvalue weighted by molar-refractivity contribution is 4.89. The third kappa shape index (κ3) is 2.40. The van der Waals surface area contributed by atoms with Crippen LogP contribution in [0.1, 0.15) is 12.7 Å². The average molecular weight is 224 g/mol. The maximum atomic E-state index is 5.77. The van der Waals surface area contributed by atoms with E-state index >= 15 is 0 Å². The minimum atomic E-state index is 0.413. The standard InChI is InChI=1S/C10H20N6/c1-2-16-10(13-8-14-16)7-15-4-3-12-6-9(15)5-11/h8-9,12H,2-7,11H2,1H3. The molecule has 3 N–H and O–H groups in total. The summed E-state index contributed by atoms with van der Waals surface area (Å²) in [6, 6.07) is 0.413. The Labute approximate surface area is 95.8 Å². The molecular formula is C10H20N6. The molecule has 6 heteroatoms. The Bertz CT molecular complexity index is 323. The first-order valence-electron chi connectivity index (χ1n) is 5.86. The van der Waals surface area contributed by atoms with Gasteiger partial charge in [0.2, 0.25) is 0 Å². The molecule has 6 nitrogen and oxygen atoms in total. The van der Waals surface area contributed by atoms with Crippen molar-refractivity contribution in [3.05, 3.63) is 12.2 Å². The van der Waals surface area contributed by atoms with Crippen LogP contribution >= 0.6 is 0 Å². The van der Waals surface area contributed by atoms with E-state index in [9.17, 15) is 0 Å². The fourth-order valence-corrected chi connectivity index (χ4v) is 2.10. The van der Waals surface area contributed by atoms with Gasteiger partial charge in [-0.05, 0) is 6.92 Å². The predicted octanol–water partition coefficient (Wildman–Crippen LogP) is -0.969. The van der Waals surface area contributed by atoms with Crippen LogP contribution in [0.25, 0.3) is 0 Å². The number of hydrogen-bond donors (Lipinski definition) is 2. The maximum Gasteiger partial charge on any atom is 0.141 e. The minimum absolute atomic E-state index is 0.413. The highest BCUT2D eigenvalue weighted by Gasteiger charge is 2.22. The van der Waals surface area contributed by atoms with Crippen LogP contribution < -0.4 is 11.1 Å². The van der Waals surface area contributed by atoms with Gasteiger partial charge < -0.3 is 11.1 Å². The lowest BCUT2D eigenvalue weighted by molar-refractivity contribution is 0.151. The Morgan fingerprint density at radius 2 is 2.50 bits per heavy atom. The molecule has 1 aromatic rings. The molecule has 90 valence electrons. The summed E-state index contributed by atoms with van der Waals surface area (Å²) in [7, 11) is 0. The molecule has 1 unspecified atom stereocenters. The Hall–Kier alpha value is -0.980. The summed E-state index contributed by atoms with van der Waals surface area (Å²) in [4.78, 5) is 6.68. The van der Waals surface area contributed by atoms with Crippen molar-refractivity contribution >= 4 is 0 Å². The van der Waals surface area contributed by atoms with E-state index in [4.69, 9.17) is 5.73 Å². The van der Waals surface area contributed by atoms with Crippen LogP contribution in [0.3, 0.4) is 0 Å². The lowest BCUT2D eigenvalue weighted by Crippen LogP contribution is -2.54. The molecule has 0 amide bonds. The number of rotatable bonds is 4. The van der Waals surface area contributed by atoms with Crippen LogP contribution in [0, 0.1) is 0 Å². The molecule has 1 aliphatic rings. The van der Waals surface area contributed by atoms with Crippen molar-refractivity contribution < 1.29 is 0 Å². The van der Waals surface area contributed by atoms with Gasteiger partial charge in [0, 0.05) is 38.8 Å². The van der Waals surface area contributed by atoms with Crippen LogP contribution in [0.5, 0.6) is 0 Å². The number of aryl methyl sites for hydroxylation is 1. The molecule has 0 saturated carbocycles. The Balaban J connectivity index is 2.02. The van der Waals surface area contributed by atoms with Crippen molar-refractivity contribution in [1.82, 2.24) is 25.0 Å².